The van der Waals surface area contributed by atoms with Crippen molar-refractivity contribution in [2.24, 2.45) is 0 Å². The zero-order valence-corrected chi connectivity index (χ0v) is 41.1. The fourth-order valence-corrected chi connectivity index (χ4v) is 11.2. The Morgan fingerprint density at radius 2 is 1.01 bits per heavy atom. The number of pyridine rings is 6. The predicted molar refractivity (Wildman–Crippen MR) is 310 cm³/mol. The summed E-state index contributed by atoms with van der Waals surface area (Å²) in [4.78, 5) is 30.7. The van der Waals surface area contributed by atoms with Crippen LogP contribution >= 0.6 is 0 Å². The summed E-state index contributed by atoms with van der Waals surface area (Å²) >= 11 is 0. The molecule has 0 N–H and O–H groups in total. The van der Waals surface area contributed by atoms with Gasteiger partial charge >= 0.3 is 0 Å². The smallest absolute Gasteiger partial charge is 0.145 e. The summed E-state index contributed by atoms with van der Waals surface area (Å²) in [5, 5.41) is 6.51. The summed E-state index contributed by atoms with van der Waals surface area (Å²) in [5.74, 6) is 1.65. The van der Waals surface area contributed by atoms with Crippen LogP contribution in [0.3, 0.4) is 0 Å². The molecule has 0 aliphatic rings. The normalized spacial score (nSPS) is 11.9. The van der Waals surface area contributed by atoms with Crippen molar-refractivity contribution in [1.82, 2.24) is 38.7 Å². The summed E-state index contributed by atoms with van der Waals surface area (Å²) in [6.07, 6.45) is 5.77. The lowest BCUT2D eigenvalue weighted by atomic mass is 10.0. The van der Waals surface area contributed by atoms with Crippen LogP contribution in [0.5, 0.6) is 0 Å². The maximum absolute atomic E-state index is 6.34. The highest BCUT2D eigenvalue weighted by molar-refractivity contribution is 6.06. The van der Waals surface area contributed by atoms with Gasteiger partial charge in [0.2, 0.25) is 0 Å². The van der Waals surface area contributed by atoms with Crippen molar-refractivity contribution in [3.05, 3.63) is 243 Å². The van der Waals surface area contributed by atoms with Gasteiger partial charge in [-0.2, -0.15) is 0 Å². The molecule has 0 saturated carbocycles. The number of benzene rings is 7. The van der Waals surface area contributed by atoms with Gasteiger partial charge in [-0.05, 0) is 113 Å². The molecular weight excluding hydrogens is 945 g/mol. The van der Waals surface area contributed by atoms with Gasteiger partial charge in [0, 0.05) is 62.2 Å². The molecule has 9 heteroatoms. The number of hydrogen-bond donors (Lipinski definition) is 0. The first-order valence-electron chi connectivity index (χ1n) is 25.6. The maximum atomic E-state index is 6.34. The molecule has 7 aromatic carbocycles. The molecule has 9 heterocycles. The van der Waals surface area contributed by atoms with Crippen molar-refractivity contribution in [2.75, 3.05) is 0 Å². The number of nitrogens with zero attached hydrogens (tertiary/aromatic N) is 8. The Balaban J connectivity index is 0.798. The maximum Gasteiger partial charge on any atom is 0.145 e. The second-order valence-corrected chi connectivity index (χ2v) is 19.5. The van der Waals surface area contributed by atoms with E-state index in [2.05, 4.69) is 208 Å². The number of furan rings is 1. The lowest BCUT2D eigenvalue weighted by Gasteiger charge is -2.11. The lowest BCUT2D eigenvalue weighted by Crippen LogP contribution is -1.94. The fourth-order valence-electron chi connectivity index (χ4n) is 11.2. The van der Waals surface area contributed by atoms with Crippen LogP contribution in [0.2, 0.25) is 0 Å². The molecule has 0 radical (unpaired) electrons. The van der Waals surface area contributed by atoms with Gasteiger partial charge < -0.3 is 4.42 Å². The molecule has 0 spiro atoms. The van der Waals surface area contributed by atoms with Gasteiger partial charge in [0.1, 0.15) is 34.2 Å². The molecular formula is C68H40N8O. The number of fused-ring (bicyclic) bond motifs is 11. The molecule has 0 aliphatic carbocycles. The van der Waals surface area contributed by atoms with Crippen molar-refractivity contribution >= 4 is 76.6 Å². The van der Waals surface area contributed by atoms with Crippen LogP contribution in [0.15, 0.2) is 247 Å². The van der Waals surface area contributed by atoms with E-state index in [-0.39, 0.29) is 0 Å². The minimum absolute atomic E-state index is 0.777. The average molecular weight is 985 g/mol. The first kappa shape index (κ1) is 42.8. The van der Waals surface area contributed by atoms with Gasteiger partial charge in [0.15, 0.2) is 0 Å². The van der Waals surface area contributed by atoms with E-state index in [9.17, 15) is 0 Å². The Hall–Kier alpha value is -10.6. The van der Waals surface area contributed by atoms with Crippen LogP contribution in [0.25, 0.3) is 156 Å². The third-order valence-electron chi connectivity index (χ3n) is 15.0. The largest absolute Gasteiger partial charge is 0.456 e. The summed E-state index contributed by atoms with van der Waals surface area (Å²) in [6.45, 7) is 0. The molecule has 0 unspecified atom stereocenters. The van der Waals surface area contributed by atoms with Gasteiger partial charge in [-0.1, -0.05) is 140 Å². The second kappa shape index (κ2) is 17.0. The van der Waals surface area contributed by atoms with Crippen molar-refractivity contribution in [3.63, 3.8) is 0 Å². The quantitative estimate of drug-likeness (QED) is 0.147. The number of imidazole rings is 2. The molecule has 9 aromatic heterocycles. The van der Waals surface area contributed by atoms with Gasteiger partial charge in [-0.25, -0.2) is 19.9 Å². The zero-order valence-electron chi connectivity index (χ0n) is 41.1. The Morgan fingerprint density at radius 3 is 1.97 bits per heavy atom. The van der Waals surface area contributed by atoms with E-state index >= 15 is 0 Å². The Bertz CT molecular complexity index is 5070. The molecule has 358 valence electrons. The van der Waals surface area contributed by atoms with E-state index in [0.29, 0.717) is 0 Å². The van der Waals surface area contributed by atoms with Crippen molar-refractivity contribution in [3.8, 4) is 79.1 Å². The molecule has 16 aromatic rings. The highest BCUT2D eigenvalue weighted by Crippen LogP contribution is 2.39. The van der Waals surface area contributed by atoms with Gasteiger partial charge in [-0.3, -0.25) is 18.8 Å². The van der Waals surface area contributed by atoms with Crippen LogP contribution in [-0.2, 0) is 0 Å². The van der Waals surface area contributed by atoms with Crippen LogP contribution in [0, 0.1) is 0 Å². The topological polar surface area (TPSA) is 99.3 Å². The first-order valence-corrected chi connectivity index (χ1v) is 25.6. The van der Waals surface area contributed by atoms with E-state index in [1.54, 1.807) is 0 Å². The summed E-state index contributed by atoms with van der Waals surface area (Å²) < 4.78 is 10.8. The monoisotopic (exact) mass is 984 g/mol. The Kier molecular flexibility index (Phi) is 9.43. The third-order valence-corrected chi connectivity index (χ3v) is 15.0. The standard InChI is InChI=1S/C68H40N8O/c1-3-14-54-41(9-1)26-31-56(71-54)65-59-32-28-43-19-24-48(39-60(43)76(59)68(74-65)51-11-7-10-47(37-51)49-25-29-53-52-13-2-4-16-61(52)77-62(53)40-49)50-33-35-69-57(38-50)66-58-15-5-6-36-75(58)67(73-66)46-22-17-42(18-23-46)55-30-27-45-21-20-44-12-8-34-70-63(44)64(45)72-55/h1-40H. The number of hydrogen-bond acceptors (Lipinski definition) is 7. The fraction of sp³-hybridized carbons (Fsp3) is 0. The SMILES string of the molecule is c1cc(-c2ccc3c(c2)oc2ccccc23)cc(-c2nc(-c3ccc4ccccc4n3)c3ccc4ccc(-c5ccnc(-c6nc(-c7ccc(-c8ccc9ccc%10cccnc%10c9n8)cc7)n7ccccc67)c5)cc4n23)c1. The minimum Gasteiger partial charge on any atom is -0.456 e. The Morgan fingerprint density at radius 1 is 0.325 bits per heavy atom. The van der Waals surface area contributed by atoms with E-state index in [0.717, 1.165) is 156 Å². The van der Waals surface area contributed by atoms with E-state index in [1.165, 1.54) is 0 Å². The van der Waals surface area contributed by atoms with E-state index in [1.807, 2.05) is 48.8 Å². The lowest BCUT2D eigenvalue weighted by molar-refractivity contribution is 0.669. The number of para-hydroxylation sites is 2. The number of rotatable bonds is 7. The number of aromatic nitrogens is 8. The predicted octanol–water partition coefficient (Wildman–Crippen LogP) is 16.7. The molecule has 16 rings (SSSR count). The van der Waals surface area contributed by atoms with Gasteiger partial charge in [0.05, 0.1) is 50.2 Å². The molecule has 0 atom stereocenters. The van der Waals surface area contributed by atoms with E-state index in [4.69, 9.17) is 29.3 Å². The van der Waals surface area contributed by atoms with E-state index < -0.39 is 0 Å². The minimum atomic E-state index is 0.777. The zero-order chi connectivity index (χ0) is 50.6. The summed E-state index contributed by atoms with van der Waals surface area (Å²) in [7, 11) is 0. The van der Waals surface area contributed by atoms with Crippen LogP contribution < -0.4 is 0 Å². The molecule has 0 aliphatic heterocycles. The summed E-state index contributed by atoms with van der Waals surface area (Å²) in [6, 6.07) is 78.1. The third kappa shape index (κ3) is 7.02. The second-order valence-electron chi connectivity index (χ2n) is 19.5. The van der Waals surface area contributed by atoms with Crippen molar-refractivity contribution in [2.45, 2.75) is 0 Å². The highest BCUT2D eigenvalue weighted by atomic mass is 16.3. The molecule has 77 heavy (non-hydrogen) atoms. The molecule has 0 amide bonds. The Labute approximate surface area is 439 Å². The summed E-state index contributed by atoms with van der Waals surface area (Å²) in [5.41, 5.74) is 18.6. The molecule has 0 fully saturated rings. The molecule has 9 nitrogen and oxygen atoms in total. The molecule has 0 saturated heterocycles. The first-order chi connectivity index (χ1) is 38.1. The van der Waals surface area contributed by atoms with Gasteiger partial charge in [-0.15, -0.1) is 0 Å². The van der Waals surface area contributed by atoms with Crippen LogP contribution in [0.4, 0.5) is 0 Å². The van der Waals surface area contributed by atoms with Crippen LogP contribution in [-0.4, -0.2) is 38.7 Å². The van der Waals surface area contributed by atoms with Gasteiger partial charge in [0.25, 0.3) is 0 Å². The van der Waals surface area contributed by atoms with Crippen LogP contribution in [0.1, 0.15) is 0 Å². The van der Waals surface area contributed by atoms with Crippen molar-refractivity contribution in [1.29, 1.82) is 0 Å². The average Bonchev–Trinajstić information content (AvgIpc) is 4.37. The molecule has 0 bridgehead atoms. The van der Waals surface area contributed by atoms with Crippen molar-refractivity contribution < 1.29 is 4.42 Å². The highest BCUT2D eigenvalue weighted by Gasteiger charge is 2.21.